The Bertz CT molecular complexity index is 611. The quantitative estimate of drug-likeness (QED) is 0.749. The third-order valence-electron chi connectivity index (χ3n) is 4.58. The molecule has 1 aromatic carbocycles. The Kier molecular flexibility index (Phi) is 4.49. The Morgan fingerprint density at radius 1 is 1.14 bits per heavy atom. The summed E-state index contributed by atoms with van der Waals surface area (Å²) in [6, 6.07) is 8.32. The average molecular weight is 305 g/mol. The topological polar surface area (TPSA) is 23.4 Å². The van der Waals surface area contributed by atoms with Gasteiger partial charge in [-0.15, -0.1) is 0 Å². The van der Waals surface area contributed by atoms with Gasteiger partial charge in [-0.05, 0) is 41.7 Å². The van der Waals surface area contributed by atoms with Gasteiger partial charge >= 0.3 is 0 Å². The van der Waals surface area contributed by atoms with Crippen molar-refractivity contribution in [3.05, 3.63) is 30.5 Å². The van der Waals surface area contributed by atoms with Gasteiger partial charge in [0.15, 0.2) is 8.32 Å². The lowest BCUT2D eigenvalue weighted by Crippen LogP contribution is -2.41. The van der Waals surface area contributed by atoms with Gasteiger partial charge in [0, 0.05) is 18.8 Å². The van der Waals surface area contributed by atoms with Crippen molar-refractivity contribution in [3.8, 4) is 5.75 Å². The second-order valence-electron chi connectivity index (χ2n) is 7.04. The van der Waals surface area contributed by atoms with E-state index in [9.17, 15) is 0 Å². The molecule has 21 heavy (non-hydrogen) atoms. The molecule has 0 fully saturated rings. The van der Waals surface area contributed by atoms with Crippen LogP contribution in [0.5, 0.6) is 5.75 Å². The van der Waals surface area contributed by atoms with Crippen LogP contribution in [0, 0.1) is 0 Å². The maximum atomic E-state index is 6.26. The second-order valence-corrected chi connectivity index (χ2v) is 11.9. The molecule has 0 aliphatic carbocycles. The third kappa shape index (κ3) is 3.50. The summed E-state index contributed by atoms with van der Waals surface area (Å²) in [6.07, 6.45) is 2.12. The standard InChI is InChI=1S/C17H27NO2Si/c1-17(2,3)21(5,6)20-12-11-18-10-9-14-7-8-15(19-4)13-16(14)18/h7-10,13H,11-12H2,1-6H3. The van der Waals surface area contributed by atoms with Crippen LogP contribution in [-0.2, 0) is 11.0 Å². The summed E-state index contributed by atoms with van der Waals surface area (Å²) in [5.74, 6) is 0.896. The first kappa shape index (κ1) is 16.1. The van der Waals surface area contributed by atoms with Gasteiger partial charge in [0.05, 0.1) is 19.2 Å². The molecule has 0 saturated carbocycles. The van der Waals surface area contributed by atoms with Crippen LogP contribution in [0.3, 0.4) is 0 Å². The first-order valence-electron chi connectivity index (χ1n) is 7.51. The fourth-order valence-electron chi connectivity index (χ4n) is 2.10. The van der Waals surface area contributed by atoms with E-state index in [2.05, 4.69) is 62.8 Å². The fraction of sp³-hybridized carbons (Fsp3) is 0.529. The summed E-state index contributed by atoms with van der Waals surface area (Å²) in [7, 11) is 0.0417. The monoisotopic (exact) mass is 305 g/mol. The summed E-state index contributed by atoms with van der Waals surface area (Å²) in [4.78, 5) is 0. The Hall–Kier alpha value is -1.26. The van der Waals surface area contributed by atoms with Gasteiger partial charge in [-0.25, -0.2) is 0 Å². The maximum Gasteiger partial charge on any atom is 0.192 e. The first-order chi connectivity index (χ1) is 9.74. The number of ether oxygens (including phenoxy) is 1. The molecular weight excluding hydrogens is 278 g/mol. The first-order valence-corrected chi connectivity index (χ1v) is 10.4. The molecule has 0 aliphatic rings. The lowest BCUT2D eigenvalue weighted by atomic mass is 10.2. The van der Waals surface area contributed by atoms with Crippen molar-refractivity contribution < 1.29 is 9.16 Å². The molecule has 0 aliphatic heterocycles. The van der Waals surface area contributed by atoms with Crippen molar-refractivity contribution in [2.75, 3.05) is 13.7 Å². The molecule has 0 bridgehead atoms. The van der Waals surface area contributed by atoms with Gasteiger partial charge < -0.3 is 13.7 Å². The molecule has 1 aromatic heterocycles. The predicted octanol–water partition coefficient (Wildman–Crippen LogP) is 4.67. The molecular formula is C17H27NO2Si. The molecule has 116 valence electrons. The molecule has 2 rings (SSSR count). The van der Waals surface area contributed by atoms with Crippen LogP contribution in [0.1, 0.15) is 20.8 Å². The van der Waals surface area contributed by atoms with E-state index in [1.54, 1.807) is 7.11 Å². The second kappa shape index (κ2) is 5.85. The van der Waals surface area contributed by atoms with Gasteiger partial charge in [-0.2, -0.15) is 0 Å². The molecule has 0 atom stereocenters. The van der Waals surface area contributed by atoms with Crippen molar-refractivity contribution in [1.82, 2.24) is 4.57 Å². The number of hydrogen-bond acceptors (Lipinski definition) is 2. The van der Waals surface area contributed by atoms with Crippen LogP contribution in [0.25, 0.3) is 10.9 Å². The minimum absolute atomic E-state index is 0.259. The van der Waals surface area contributed by atoms with Crippen LogP contribution in [0.2, 0.25) is 18.1 Å². The molecule has 0 spiro atoms. The smallest absolute Gasteiger partial charge is 0.192 e. The highest BCUT2D eigenvalue weighted by atomic mass is 28.4. The number of benzene rings is 1. The highest BCUT2D eigenvalue weighted by Crippen LogP contribution is 2.36. The molecule has 0 saturated heterocycles. The molecule has 1 heterocycles. The number of methoxy groups -OCH3 is 1. The van der Waals surface area contributed by atoms with Gasteiger partial charge in [0.25, 0.3) is 0 Å². The van der Waals surface area contributed by atoms with E-state index < -0.39 is 8.32 Å². The Balaban J connectivity index is 2.07. The number of hydrogen-bond donors (Lipinski definition) is 0. The summed E-state index contributed by atoms with van der Waals surface area (Å²) in [5.41, 5.74) is 1.20. The lowest BCUT2D eigenvalue weighted by molar-refractivity contribution is 0.273. The van der Waals surface area contributed by atoms with E-state index >= 15 is 0 Å². The Morgan fingerprint density at radius 2 is 1.86 bits per heavy atom. The SMILES string of the molecule is COc1ccc2ccn(CCO[Si](C)(C)C(C)(C)C)c2c1. The minimum Gasteiger partial charge on any atom is -0.497 e. The van der Waals surface area contributed by atoms with Crippen LogP contribution in [-0.4, -0.2) is 26.6 Å². The van der Waals surface area contributed by atoms with Crippen LogP contribution in [0.15, 0.2) is 30.5 Å². The normalized spacial score (nSPS) is 12.9. The number of rotatable bonds is 5. The third-order valence-corrected chi connectivity index (χ3v) is 9.12. The molecule has 0 N–H and O–H groups in total. The van der Waals surface area contributed by atoms with Gasteiger partial charge in [-0.3, -0.25) is 0 Å². The van der Waals surface area contributed by atoms with E-state index in [0.29, 0.717) is 0 Å². The van der Waals surface area contributed by atoms with E-state index in [-0.39, 0.29) is 5.04 Å². The highest BCUT2D eigenvalue weighted by Gasteiger charge is 2.36. The van der Waals surface area contributed by atoms with E-state index in [4.69, 9.17) is 9.16 Å². The van der Waals surface area contributed by atoms with Gasteiger partial charge in [-0.1, -0.05) is 20.8 Å². The van der Waals surface area contributed by atoms with Crippen molar-refractivity contribution in [2.24, 2.45) is 0 Å². The number of nitrogens with zero attached hydrogens (tertiary/aromatic N) is 1. The summed E-state index contributed by atoms with van der Waals surface area (Å²) in [6.45, 7) is 13.0. The van der Waals surface area contributed by atoms with Crippen molar-refractivity contribution in [3.63, 3.8) is 0 Å². The summed E-state index contributed by atoms with van der Waals surface area (Å²) in [5, 5.41) is 1.50. The molecule has 2 aromatic rings. The van der Waals surface area contributed by atoms with Gasteiger partial charge in [0.2, 0.25) is 0 Å². The summed E-state index contributed by atoms with van der Waals surface area (Å²) < 4.78 is 13.8. The average Bonchev–Trinajstić information content (AvgIpc) is 2.79. The zero-order chi connectivity index (χ0) is 15.7. The molecule has 0 amide bonds. The summed E-state index contributed by atoms with van der Waals surface area (Å²) >= 11 is 0. The van der Waals surface area contributed by atoms with Crippen LogP contribution in [0.4, 0.5) is 0 Å². The van der Waals surface area contributed by atoms with Crippen LogP contribution >= 0.6 is 0 Å². The maximum absolute atomic E-state index is 6.26. The zero-order valence-corrected chi connectivity index (χ0v) is 15.1. The van der Waals surface area contributed by atoms with E-state index in [0.717, 1.165) is 18.9 Å². The molecule has 4 heteroatoms. The molecule has 3 nitrogen and oxygen atoms in total. The largest absolute Gasteiger partial charge is 0.497 e. The Labute approximate surface area is 129 Å². The predicted molar refractivity (Wildman–Crippen MR) is 91.6 cm³/mol. The van der Waals surface area contributed by atoms with Crippen molar-refractivity contribution in [1.29, 1.82) is 0 Å². The van der Waals surface area contributed by atoms with Crippen molar-refractivity contribution >= 4 is 19.2 Å². The number of aromatic nitrogens is 1. The lowest BCUT2D eigenvalue weighted by Gasteiger charge is -2.36. The highest BCUT2D eigenvalue weighted by molar-refractivity contribution is 6.74. The molecule has 0 radical (unpaired) electrons. The van der Waals surface area contributed by atoms with Crippen LogP contribution < -0.4 is 4.74 Å². The van der Waals surface area contributed by atoms with Crippen molar-refractivity contribution in [2.45, 2.75) is 45.4 Å². The fourth-order valence-corrected chi connectivity index (χ4v) is 3.14. The minimum atomic E-state index is -1.66. The molecule has 0 unspecified atom stereocenters. The number of fused-ring (bicyclic) bond motifs is 1. The zero-order valence-electron chi connectivity index (χ0n) is 14.1. The van der Waals surface area contributed by atoms with E-state index in [1.807, 2.05) is 6.07 Å². The Morgan fingerprint density at radius 3 is 2.48 bits per heavy atom. The van der Waals surface area contributed by atoms with E-state index in [1.165, 1.54) is 10.9 Å². The van der Waals surface area contributed by atoms with Gasteiger partial charge in [0.1, 0.15) is 5.75 Å².